The molecule has 0 saturated carbocycles. The molecule has 24 heavy (non-hydrogen) atoms. The van der Waals surface area contributed by atoms with Gasteiger partial charge in [0.25, 0.3) is 11.8 Å². The van der Waals surface area contributed by atoms with Crippen LogP contribution in [0.5, 0.6) is 11.5 Å². The highest BCUT2D eigenvalue weighted by atomic mass is 79.9. The lowest BCUT2D eigenvalue weighted by atomic mass is 10.2. The molecule has 2 amide bonds. The molecule has 2 N–H and O–H groups in total. The van der Waals surface area contributed by atoms with Crippen LogP contribution in [0.4, 0.5) is 0 Å². The topological polar surface area (TPSA) is 76.7 Å². The zero-order valence-electron chi connectivity index (χ0n) is 13.0. The number of hydrogen-bond acceptors (Lipinski definition) is 5. The van der Waals surface area contributed by atoms with E-state index < -0.39 is 11.8 Å². The van der Waals surface area contributed by atoms with Crippen LogP contribution < -0.4 is 20.3 Å². The van der Waals surface area contributed by atoms with Crippen molar-refractivity contribution in [1.82, 2.24) is 10.9 Å². The molecular formula is C16H15BrN2O4S. The van der Waals surface area contributed by atoms with Crippen LogP contribution in [-0.2, 0) is 4.79 Å². The lowest BCUT2D eigenvalue weighted by Gasteiger charge is -2.10. The fourth-order valence-corrected chi connectivity index (χ4v) is 3.11. The Morgan fingerprint density at radius 3 is 2.46 bits per heavy atom. The summed E-state index contributed by atoms with van der Waals surface area (Å²) in [4.78, 5) is 24.7. The van der Waals surface area contributed by atoms with Crippen molar-refractivity contribution in [2.75, 3.05) is 14.2 Å². The van der Waals surface area contributed by atoms with Crippen LogP contribution in [0.1, 0.15) is 15.2 Å². The Bertz CT molecular complexity index is 773. The molecule has 0 saturated heterocycles. The maximum Gasteiger partial charge on any atom is 0.269 e. The fourth-order valence-electron chi connectivity index (χ4n) is 1.79. The molecule has 1 heterocycles. The van der Waals surface area contributed by atoms with Gasteiger partial charge in [-0.3, -0.25) is 20.4 Å². The lowest BCUT2D eigenvalue weighted by molar-refractivity contribution is -0.117. The number of carbonyl (C=O) groups excluding carboxylic acids is 2. The minimum absolute atomic E-state index is 0.333. The molecule has 1 aromatic heterocycles. The van der Waals surface area contributed by atoms with Gasteiger partial charge in [-0.2, -0.15) is 0 Å². The predicted octanol–water partition coefficient (Wildman–Crippen LogP) is 3.00. The molecule has 0 unspecified atom stereocenters. The SMILES string of the molecule is COc1ccc(C(=O)NNC(=O)/C=C/c2ccc(Br)s2)cc1OC. The number of amides is 2. The second kappa shape index (κ2) is 8.51. The van der Waals surface area contributed by atoms with Gasteiger partial charge in [0, 0.05) is 16.5 Å². The second-order valence-electron chi connectivity index (χ2n) is 4.49. The van der Waals surface area contributed by atoms with E-state index in [4.69, 9.17) is 9.47 Å². The van der Waals surface area contributed by atoms with Gasteiger partial charge in [0.2, 0.25) is 0 Å². The zero-order valence-corrected chi connectivity index (χ0v) is 15.4. The highest BCUT2D eigenvalue weighted by molar-refractivity contribution is 9.11. The largest absolute Gasteiger partial charge is 0.493 e. The number of hydrazine groups is 1. The summed E-state index contributed by atoms with van der Waals surface area (Å²) in [6.07, 6.45) is 3.00. The molecule has 1 aromatic carbocycles. The van der Waals surface area contributed by atoms with Crippen LogP contribution >= 0.6 is 27.3 Å². The van der Waals surface area contributed by atoms with Crippen molar-refractivity contribution in [1.29, 1.82) is 0 Å². The van der Waals surface area contributed by atoms with Gasteiger partial charge in [0.15, 0.2) is 11.5 Å². The molecule has 0 atom stereocenters. The van der Waals surface area contributed by atoms with Crippen LogP contribution in [0.2, 0.25) is 0 Å². The molecule has 0 bridgehead atoms. The van der Waals surface area contributed by atoms with Gasteiger partial charge in [-0.1, -0.05) is 0 Å². The monoisotopic (exact) mass is 410 g/mol. The molecule has 8 heteroatoms. The van der Waals surface area contributed by atoms with Gasteiger partial charge in [-0.25, -0.2) is 0 Å². The Morgan fingerprint density at radius 1 is 1.08 bits per heavy atom. The first kappa shape index (κ1) is 18.0. The van der Waals surface area contributed by atoms with E-state index in [9.17, 15) is 9.59 Å². The number of carbonyl (C=O) groups is 2. The van der Waals surface area contributed by atoms with Crippen molar-refractivity contribution in [3.63, 3.8) is 0 Å². The predicted molar refractivity (Wildman–Crippen MR) is 96.2 cm³/mol. The van der Waals surface area contributed by atoms with Gasteiger partial charge >= 0.3 is 0 Å². The van der Waals surface area contributed by atoms with Crippen molar-refractivity contribution in [2.45, 2.75) is 0 Å². The van der Waals surface area contributed by atoms with E-state index in [-0.39, 0.29) is 0 Å². The second-order valence-corrected chi connectivity index (χ2v) is 6.98. The van der Waals surface area contributed by atoms with Crippen molar-refractivity contribution in [2.24, 2.45) is 0 Å². The molecule has 0 aliphatic heterocycles. The number of ether oxygens (including phenoxy) is 2. The van der Waals surface area contributed by atoms with Crippen molar-refractivity contribution >= 4 is 45.2 Å². The van der Waals surface area contributed by atoms with Crippen LogP contribution in [0.3, 0.4) is 0 Å². The van der Waals surface area contributed by atoms with Crippen LogP contribution in [0.25, 0.3) is 6.08 Å². The number of hydrogen-bond donors (Lipinski definition) is 2. The maximum absolute atomic E-state index is 12.0. The summed E-state index contributed by atoms with van der Waals surface area (Å²) in [6, 6.07) is 8.48. The van der Waals surface area contributed by atoms with E-state index in [0.29, 0.717) is 17.1 Å². The summed E-state index contributed by atoms with van der Waals surface area (Å²) in [5, 5.41) is 0. The van der Waals surface area contributed by atoms with Crippen LogP contribution in [-0.4, -0.2) is 26.0 Å². The molecule has 126 valence electrons. The van der Waals surface area contributed by atoms with Crippen LogP contribution in [0.15, 0.2) is 40.2 Å². The minimum Gasteiger partial charge on any atom is -0.493 e. The highest BCUT2D eigenvalue weighted by Gasteiger charge is 2.11. The first-order valence-electron chi connectivity index (χ1n) is 6.79. The van der Waals surface area contributed by atoms with Gasteiger partial charge in [0.1, 0.15) is 0 Å². The molecule has 2 aromatic rings. The van der Waals surface area contributed by atoms with E-state index >= 15 is 0 Å². The van der Waals surface area contributed by atoms with Crippen molar-refractivity contribution in [3.05, 3.63) is 50.6 Å². The fraction of sp³-hybridized carbons (Fsp3) is 0.125. The van der Waals surface area contributed by atoms with Gasteiger partial charge in [-0.05, 0) is 52.3 Å². The Labute approximate surface area is 151 Å². The summed E-state index contributed by atoms with van der Waals surface area (Å²) in [5.41, 5.74) is 4.99. The van der Waals surface area contributed by atoms with E-state index in [1.54, 1.807) is 18.2 Å². The van der Waals surface area contributed by atoms with Crippen LogP contribution in [0, 0.1) is 0 Å². The molecule has 0 radical (unpaired) electrons. The van der Waals surface area contributed by atoms with E-state index in [0.717, 1.165) is 8.66 Å². The number of rotatable bonds is 5. The third-order valence-corrected chi connectivity index (χ3v) is 4.53. The molecular weight excluding hydrogens is 396 g/mol. The lowest BCUT2D eigenvalue weighted by Crippen LogP contribution is -2.40. The molecule has 0 spiro atoms. The normalized spacial score (nSPS) is 10.5. The summed E-state index contributed by atoms with van der Waals surface area (Å²) >= 11 is 4.84. The Kier molecular flexibility index (Phi) is 6.39. The van der Waals surface area contributed by atoms with Gasteiger partial charge in [-0.15, -0.1) is 11.3 Å². The van der Waals surface area contributed by atoms with Gasteiger partial charge < -0.3 is 9.47 Å². The number of thiophene rings is 1. The summed E-state index contributed by atoms with van der Waals surface area (Å²) in [7, 11) is 2.99. The molecule has 2 rings (SSSR count). The Hall–Kier alpha value is -2.32. The standard InChI is InChI=1S/C16H15BrN2O4S/c1-22-12-6-3-10(9-13(12)23-2)16(21)19-18-15(20)8-5-11-4-7-14(17)24-11/h3-9H,1-2H3,(H,18,20)(H,19,21)/b8-5+. The van der Waals surface area contributed by atoms with Gasteiger partial charge in [0.05, 0.1) is 18.0 Å². The average molecular weight is 411 g/mol. The molecule has 0 aliphatic rings. The number of benzene rings is 1. The molecule has 0 fully saturated rings. The number of nitrogens with one attached hydrogen (secondary N) is 2. The average Bonchev–Trinajstić information content (AvgIpc) is 3.02. The highest BCUT2D eigenvalue weighted by Crippen LogP contribution is 2.27. The first-order valence-corrected chi connectivity index (χ1v) is 8.40. The quantitative estimate of drug-likeness (QED) is 0.586. The van der Waals surface area contributed by atoms with E-state index in [1.165, 1.54) is 37.7 Å². The van der Waals surface area contributed by atoms with E-state index in [2.05, 4.69) is 26.8 Å². The Morgan fingerprint density at radius 2 is 1.83 bits per heavy atom. The van der Waals surface area contributed by atoms with E-state index in [1.807, 2.05) is 12.1 Å². The smallest absolute Gasteiger partial charge is 0.269 e. The zero-order chi connectivity index (χ0) is 17.5. The molecule has 0 aliphatic carbocycles. The van der Waals surface area contributed by atoms with Crippen molar-refractivity contribution in [3.8, 4) is 11.5 Å². The first-order chi connectivity index (χ1) is 11.5. The third kappa shape index (κ3) is 4.84. The summed E-state index contributed by atoms with van der Waals surface area (Å²) < 4.78 is 11.2. The minimum atomic E-state index is -0.462. The third-order valence-electron chi connectivity index (χ3n) is 2.94. The summed E-state index contributed by atoms with van der Waals surface area (Å²) in [5.74, 6) is 0.0488. The number of methoxy groups -OCH3 is 2. The maximum atomic E-state index is 12.0. The molecule has 6 nitrogen and oxygen atoms in total. The van der Waals surface area contributed by atoms with Crippen molar-refractivity contribution < 1.29 is 19.1 Å². The Balaban J connectivity index is 1.92. The number of halogens is 1. The summed E-state index contributed by atoms with van der Waals surface area (Å²) in [6.45, 7) is 0.